The summed E-state index contributed by atoms with van der Waals surface area (Å²) in [6.07, 6.45) is -2.31. The number of carbonyl (C=O) groups excluding carboxylic acids is 1. The van der Waals surface area contributed by atoms with Crippen molar-refractivity contribution in [2.45, 2.75) is 45.6 Å². The summed E-state index contributed by atoms with van der Waals surface area (Å²) in [7, 11) is 0. The zero-order valence-electron chi connectivity index (χ0n) is 10.4. The average molecular weight is 262 g/mol. The van der Waals surface area contributed by atoms with Gasteiger partial charge < -0.3 is 9.26 Å². The molecule has 1 atom stereocenters. The molecule has 0 aromatic carbocycles. The van der Waals surface area contributed by atoms with Crippen molar-refractivity contribution < 1.29 is 22.8 Å². The summed E-state index contributed by atoms with van der Waals surface area (Å²) in [4.78, 5) is 14.7. The average Bonchev–Trinajstić information content (AvgIpc) is 2.77. The van der Waals surface area contributed by atoms with Crippen molar-refractivity contribution in [2.75, 3.05) is 6.61 Å². The van der Waals surface area contributed by atoms with E-state index in [1.165, 1.54) is 0 Å². The molecule has 1 heterocycles. The van der Waals surface area contributed by atoms with Gasteiger partial charge in [0.25, 0.3) is 6.43 Å². The Morgan fingerprint density at radius 1 is 1.44 bits per heavy atom. The van der Waals surface area contributed by atoms with E-state index in [4.69, 9.17) is 9.26 Å². The minimum absolute atomic E-state index is 0.101. The van der Waals surface area contributed by atoms with Gasteiger partial charge >= 0.3 is 0 Å². The van der Waals surface area contributed by atoms with Crippen LogP contribution in [0.2, 0.25) is 0 Å². The molecule has 1 aromatic rings. The Bertz CT molecular complexity index is 376. The summed E-state index contributed by atoms with van der Waals surface area (Å²) in [5.41, 5.74) is 0. The van der Waals surface area contributed by atoms with Gasteiger partial charge in [0.15, 0.2) is 0 Å². The fourth-order valence-electron chi connectivity index (χ4n) is 1.45. The lowest BCUT2D eigenvalue weighted by Gasteiger charge is -2.11. The monoisotopic (exact) mass is 262 g/mol. The van der Waals surface area contributed by atoms with E-state index in [1.54, 1.807) is 0 Å². The smallest absolute Gasteiger partial charge is 0.296 e. The molecule has 18 heavy (non-hydrogen) atoms. The van der Waals surface area contributed by atoms with Crippen LogP contribution < -0.4 is 0 Å². The third-order valence-corrected chi connectivity index (χ3v) is 2.26. The van der Waals surface area contributed by atoms with Gasteiger partial charge in [0.1, 0.15) is 6.10 Å². The first-order valence-electron chi connectivity index (χ1n) is 5.83. The molecule has 0 spiro atoms. The highest BCUT2D eigenvalue weighted by atomic mass is 19.3. The van der Waals surface area contributed by atoms with Crippen molar-refractivity contribution in [3.05, 3.63) is 11.7 Å². The minimum atomic E-state index is -3.02. The first-order chi connectivity index (χ1) is 8.58. The molecule has 0 saturated heterocycles. The van der Waals surface area contributed by atoms with Gasteiger partial charge in [-0.1, -0.05) is 18.5 Å². The third-order valence-electron chi connectivity index (χ3n) is 2.26. The lowest BCUT2D eigenvalue weighted by molar-refractivity contribution is -0.129. The highest BCUT2D eigenvalue weighted by molar-refractivity contribution is 5.82. The zero-order chi connectivity index (χ0) is 13.5. The summed E-state index contributed by atoms with van der Waals surface area (Å²) < 4.78 is 34.3. The number of hydrogen-bond donors (Lipinski definition) is 0. The van der Waals surface area contributed by atoms with E-state index in [2.05, 4.69) is 10.1 Å². The van der Waals surface area contributed by atoms with Crippen LogP contribution in [0, 0.1) is 0 Å². The number of aromatic nitrogens is 2. The maximum Gasteiger partial charge on any atom is 0.296 e. The van der Waals surface area contributed by atoms with Crippen molar-refractivity contribution in [1.29, 1.82) is 0 Å². The lowest BCUT2D eigenvalue weighted by atomic mass is 10.2. The molecule has 0 saturated carbocycles. The number of alkyl halides is 2. The number of nitrogens with zero attached hydrogens (tertiary/aromatic N) is 2. The summed E-state index contributed by atoms with van der Waals surface area (Å²) in [5.74, 6) is -1.03. The van der Waals surface area contributed by atoms with Crippen LogP contribution in [0.25, 0.3) is 0 Å². The van der Waals surface area contributed by atoms with Crippen molar-refractivity contribution in [2.24, 2.45) is 0 Å². The fourth-order valence-corrected chi connectivity index (χ4v) is 1.45. The van der Waals surface area contributed by atoms with E-state index in [9.17, 15) is 13.6 Å². The van der Waals surface area contributed by atoms with Crippen molar-refractivity contribution in [3.63, 3.8) is 0 Å². The van der Waals surface area contributed by atoms with Crippen LogP contribution in [0.4, 0.5) is 8.78 Å². The maximum absolute atomic E-state index is 12.1. The summed E-state index contributed by atoms with van der Waals surface area (Å²) >= 11 is 0. The van der Waals surface area contributed by atoms with E-state index < -0.39 is 18.6 Å². The second-order valence-corrected chi connectivity index (χ2v) is 3.72. The van der Waals surface area contributed by atoms with Gasteiger partial charge in [-0.15, -0.1) is 0 Å². The van der Waals surface area contributed by atoms with Crippen LogP contribution in [0.15, 0.2) is 4.52 Å². The van der Waals surface area contributed by atoms with Gasteiger partial charge in [-0.2, -0.15) is 4.98 Å². The molecule has 0 N–H and O–H groups in total. The Morgan fingerprint density at radius 3 is 2.72 bits per heavy atom. The second-order valence-electron chi connectivity index (χ2n) is 3.72. The lowest BCUT2D eigenvalue weighted by Crippen LogP contribution is -2.13. The van der Waals surface area contributed by atoms with Crippen LogP contribution in [0.5, 0.6) is 0 Å². The molecule has 1 rings (SSSR count). The van der Waals surface area contributed by atoms with Gasteiger partial charge in [0, 0.05) is 6.61 Å². The van der Waals surface area contributed by atoms with Gasteiger partial charge in [0.2, 0.25) is 17.5 Å². The normalized spacial score (nSPS) is 12.9. The van der Waals surface area contributed by atoms with E-state index in [0.29, 0.717) is 18.9 Å². The van der Waals surface area contributed by atoms with Crippen LogP contribution in [-0.2, 0) is 16.0 Å². The molecule has 0 fully saturated rings. The van der Waals surface area contributed by atoms with Gasteiger partial charge in [-0.3, -0.25) is 4.79 Å². The largest absolute Gasteiger partial charge is 0.370 e. The Labute approximate surface area is 104 Å². The van der Waals surface area contributed by atoms with E-state index in [-0.39, 0.29) is 12.0 Å². The molecule has 0 aliphatic carbocycles. The number of halogens is 2. The highest BCUT2D eigenvalue weighted by Crippen LogP contribution is 2.20. The van der Waals surface area contributed by atoms with Crippen molar-refractivity contribution in [1.82, 2.24) is 10.1 Å². The van der Waals surface area contributed by atoms with Gasteiger partial charge in [-0.25, -0.2) is 8.78 Å². The first-order valence-corrected chi connectivity index (χ1v) is 5.83. The molecule has 102 valence electrons. The molecule has 0 bridgehead atoms. The van der Waals surface area contributed by atoms with Gasteiger partial charge in [0.05, 0.1) is 6.42 Å². The standard InChI is InChI=1S/C11H16F2N2O3/c1-3-5-8(17-4-2)11-14-9(18-15-11)6-7(16)10(12)13/h8,10H,3-6H2,1-2H3. The number of ether oxygens (including phenoxy) is 1. The molecule has 0 aliphatic rings. The molecule has 0 aliphatic heterocycles. The molecular weight excluding hydrogens is 246 g/mol. The molecule has 1 aromatic heterocycles. The van der Waals surface area contributed by atoms with Crippen LogP contribution in [-0.4, -0.2) is 29.0 Å². The molecule has 7 heteroatoms. The Hall–Kier alpha value is -1.37. The molecule has 1 unspecified atom stereocenters. The van der Waals surface area contributed by atoms with Crippen molar-refractivity contribution in [3.8, 4) is 0 Å². The molecular formula is C11H16F2N2O3. The maximum atomic E-state index is 12.1. The van der Waals surface area contributed by atoms with E-state index in [0.717, 1.165) is 6.42 Å². The van der Waals surface area contributed by atoms with E-state index in [1.807, 2.05) is 13.8 Å². The van der Waals surface area contributed by atoms with Gasteiger partial charge in [-0.05, 0) is 13.3 Å². The molecule has 0 amide bonds. The summed E-state index contributed by atoms with van der Waals surface area (Å²) in [6.45, 7) is 4.31. The first kappa shape index (κ1) is 14.7. The second kappa shape index (κ2) is 7.15. The zero-order valence-corrected chi connectivity index (χ0v) is 10.4. The Balaban J connectivity index is 2.68. The SMILES string of the molecule is CCCC(OCC)c1noc(CC(=O)C(F)F)n1. The van der Waals surface area contributed by atoms with Crippen molar-refractivity contribution >= 4 is 5.78 Å². The summed E-state index contributed by atoms with van der Waals surface area (Å²) in [6, 6.07) is 0. The van der Waals surface area contributed by atoms with Crippen LogP contribution >= 0.6 is 0 Å². The number of ketones is 1. The summed E-state index contributed by atoms with van der Waals surface area (Å²) in [5, 5.41) is 3.66. The fraction of sp³-hybridized carbons (Fsp3) is 0.727. The third kappa shape index (κ3) is 4.14. The molecule has 0 radical (unpaired) electrons. The highest BCUT2D eigenvalue weighted by Gasteiger charge is 2.22. The Kier molecular flexibility index (Phi) is 5.84. The number of hydrogen-bond acceptors (Lipinski definition) is 5. The predicted molar refractivity (Wildman–Crippen MR) is 58.3 cm³/mol. The number of carbonyl (C=O) groups is 1. The van der Waals surface area contributed by atoms with Crippen LogP contribution in [0.1, 0.15) is 44.5 Å². The minimum Gasteiger partial charge on any atom is -0.370 e. The van der Waals surface area contributed by atoms with Crippen LogP contribution in [0.3, 0.4) is 0 Å². The van der Waals surface area contributed by atoms with E-state index >= 15 is 0 Å². The molecule has 5 nitrogen and oxygen atoms in total. The number of Topliss-reactive ketones (excluding diaryl/α,β-unsaturated/α-hetero) is 1. The predicted octanol–water partition coefficient (Wildman–Crippen LogP) is 2.32. The Morgan fingerprint density at radius 2 is 2.17 bits per heavy atom. The topological polar surface area (TPSA) is 65.2 Å². The number of rotatable bonds is 8. The quantitative estimate of drug-likeness (QED) is 0.719.